The summed E-state index contributed by atoms with van der Waals surface area (Å²) >= 11 is 0. The van der Waals surface area contributed by atoms with E-state index in [0.29, 0.717) is 19.1 Å². The van der Waals surface area contributed by atoms with Crippen LogP contribution in [0.2, 0.25) is 0 Å². The lowest BCUT2D eigenvalue weighted by Gasteiger charge is -2.32. The zero-order valence-electron chi connectivity index (χ0n) is 11.3. The van der Waals surface area contributed by atoms with E-state index in [1.807, 2.05) is 7.05 Å². The molecule has 104 valence electrons. The highest BCUT2D eigenvalue weighted by molar-refractivity contribution is 5.78. The summed E-state index contributed by atoms with van der Waals surface area (Å²) in [4.78, 5) is 14.1. The number of piperidine rings is 1. The third kappa shape index (κ3) is 4.23. The van der Waals surface area contributed by atoms with Crippen molar-refractivity contribution in [3.63, 3.8) is 0 Å². The fourth-order valence-corrected chi connectivity index (χ4v) is 2.73. The first kappa shape index (κ1) is 13.8. The van der Waals surface area contributed by atoms with Crippen LogP contribution in [0.3, 0.4) is 0 Å². The summed E-state index contributed by atoms with van der Waals surface area (Å²) in [6, 6.07) is 0.532. The fraction of sp³-hybridized carbons (Fsp3) is 0.923. The van der Waals surface area contributed by atoms with Gasteiger partial charge in [0.1, 0.15) is 0 Å². The van der Waals surface area contributed by atoms with Crippen LogP contribution < -0.4 is 10.6 Å². The van der Waals surface area contributed by atoms with Crippen LogP contribution in [-0.2, 0) is 9.53 Å². The lowest BCUT2D eigenvalue weighted by Crippen LogP contribution is -2.48. The summed E-state index contributed by atoms with van der Waals surface area (Å²) in [6.07, 6.45) is 4.82. The van der Waals surface area contributed by atoms with Crippen molar-refractivity contribution in [1.29, 1.82) is 0 Å². The summed E-state index contributed by atoms with van der Waals surface area (Å²) in [6.45, 7) is 4.04. The van der Waals surface area contributed by atoms with Crippen LogP contribution >= 0.6 is 0 Å². The number of carbonyl (C=O) groups is 1. The molecule has 2 aliphatic rings. The van der Waals surface area contributed by atoms with Gasteiger partial charge in [-0.2, -0.15) is 0 Å². The van der Waals surface area contributed by atoms with Crippen molar-refractivity contribution < 1.29 is 9.53 Å². The van der Waals surface area contributed by atoms with Gasteiger partial charge in [-0.25, -0.2) is 0 Å². The van der Waals surface area contributed by atoms with Crippen LogP contribution in [0.15, 0.2) is 0 Å². The first-order valence-corrected chi connectivity index (χ1v) is 7.06. The number of likely N-dealkylation sites (tertiary alicyclic amines) is 1. The first-order chi connectivity index (χ1) is 8.78. The minimum Gasteiger partial charge on any atom is -0.376 e. The summed E-state index contributed by atoms with van der Waals surface area (Å²) in [5.41, 5.74) is 0. The van der Waals surface area contributed by atoms with Crippen molar-refractivity contribution in [1.82, 2.24) is 15.5 Å². The Labute approximate surface area is 109 Å². The molecule has 0 bridgehead atoms. The molecule has 5 heteroatoms. The van der Waals surface area contributed by atoms with Crippen LogP contribution in [0, 0.1) is 0 Å². The Kier molecular flexibility index (Phi) is 5.41. The molecule has 5 nitrogen and oxygen atoms in total. The zero-order valence-corrected chi connectivity index (χ0v) is 11.3. The molecule has 2 N–H and O–H groups in total. The van der Waals surface area contributed by atoms with E-state index in [-0.39, 0.29) is 12.0 Å². The van der Waals surface area contributed by atoms with E-state index in [4.69, 9.17) is 4.74 Å². The van der Waals surface area contributed by atoms with Crippen LogP contribution in [0.5, 0.6) is 0 Å². The van der Waals surface area contributed by atoms with Gasteiger partial charge in [-0.3, -0.25) is 9.69 Å². The van der Waals surface area contributed by atoms with E-state index in [9.17, 15) is 4.79 Å². The molecular weight excluding hydrogens is 230 g/mol. The molecule has 2 saturated heterocycles. The van der Waals surface area contributed by atoms with Gasteiger partial charge in [0.2, 0.25) is 5.91 Å². The molecule has 0 saturated carbocycles. The molecule has 1 amide bonds. The van der Waals surface area contributed by atoms with Gasteiger partial charge in [-0.15, -0.1) is 0 Å². The van der Waals surface area contributed by atoms with E-state index in [2.05, 4.69) is 15.5 Å². The summed E-state index contributed by atoms with van der Waals surface area (Å²) < 4.78 is 5.49. The Morgan fingerprint density at radius 1 is 1.39 bits per heavy atom. The standard InChI is InChI=1S/C13H25N3O2/c1-14-11-4-2-6-16(9-11)10-13(17)15-8-12-5-3-7-18-12/h11-12,14H,2-10H2,1H3,(H,15,17). The number of ether oxygens (including phenoxy) is 1. The van der Waals surface area contributed by atoms with Gasteiger partial charge in [0.05, 0.1) is 12.6 Å². The van der Waals surface area contributed by atoms with Crippen molar-refractivity contribution in [3.8, 4) is 0 Å². The van der Waals surface area contributed by atoms with Crippen molar-refractivity contribution >= 4 is 5.91 Å². The van der Waals surface area contributed by atoms with E-state index in [1.54, 1.807) is 0 Å². The predicted molar refractivity (Wildman–Crippen MR) is 70.5 cm³/mol. The third-order valence-electron chi connectivity index (χ3n) is 3.83. The number of likely N-dealkylation sites (N-methyl/N-ethyl adjacent to an activating group) is 1. The molecule has 2 heterocycles. The number of rotatable bonds is 5. The molecule has 2 fully saturated rings. The van der Waals surface area contributed by atoms with E-state index in [1.165, 1.54) is 12.8 Å². The average molecular weight is 255 g/mol. The van der Waals surface area contributed by atoms with Gasteiger partial charge in [-0.1, -0.05) is 0 Å². The number of nitrogens with one attached hydrogen (secondary N) is 2. The van der Waals surface area contributed by atoms with Crippen molar-refractivity contribution in [3.05, 3.63) is 0 Å². The Bertz CT molecular complexity index is 267. The molecule has 0 aliphatic carbocycles. The molecule has 2 aliphatic heterocycles. The Morgan fingerprint density at radius 2 is 2.28 bits per heavy atom. The SMILES string of the molecule is CNC1CCCN(CC(=O)NCC2CCCO2)C1. The van der Waals surface area contributed by atoms with Crippen molar-refractivity contribution in [2.45, 2.75) is 37.8 Å². The molecular formula is C13H25N3O2. The number of hydrogen-bond acceptors (Lipinski definition) is 4. The van der Waals surface area contributed by atoms with Crippen LogP contribution in [0.25, 0.3) is 0 Å². The summed E-state index contributed by atoms with van der Waals surface area (Å²) in [7, 11) is 1.99. The largest absolute Gasteiger partial charge is 0.376 e. The number of nitrogens with zero attached hydrogens (tertiary/aromatic N) is 1. The molecule has 0 radical (unpaired) electrons. The third-order valence-corrected chi connectivity index (χ3v) is 3.83. The van der Waals surface area contributed by atoms with E-state index >= 15 is 0 Å². The predicted octanol–water partition coefficient (Wildman–Crippen LogP) is -0.0346. The molecule has 0 spiro atoms. The van der Waals surface area contributed by atoms with Gasteiger partial charge in [-0.05, 0) is 39.3 Å². The maximum Gasteiger partial charge on any atom is 0.234 e. The highest BCUT2D eigenvalue weighted by Gasteiger charge is 2.21. The lowest BCUT2D eigenvalue weighted by molar-refractivity contribution is -0.123. The van der Waals surface area contributed by atoms with E-state index < -0.39 is 0 Å². The van der Waals surface area contributed by atoms with E-state index in [0.717, 1.165) is 32.5 Å². The number of amides is 1. The topological polar surface area (TPSA) is 53.6 Å². The second kappa shape index (κ2) is 7.07. The molecule has 2 atom stereocenters. The highest BCUT2D eigenvalue weighted by Crippen LogP contribution is 2.11. The van der Waals surface area contributed by atoms with Crippen LogP contribution in [0.1, 0.15) is 25.7 Å². The maximum absolute atomic E-state index is 11.8. The molecule has 2 rings (SSSR count). The van der Waals surface area contributed by atoms with Gasteiger partial charge in [0.15, 0.2) is 0 Å². The summed E-state index contributed by atoms with van der Waals surface area (Å²) in [5.74, 6) is 0.127. The lowest BCUT2D eigenvalue weighted by atomic mass is 10.1. The van der Waals surface area contributed by atoms with Gasteiger partial charge >= 0.3 is 0 Å². The molecule has 0 aromatic carbocycles. The quantitative estimate of drug-likeness (QED) is 0.724. The second-order valence-electron chi connectivity index (χ2n) is 5.30. The molecule has 2 unspecified atom stereocenters. The fourth-order valence-electron chi connectivity index (χ4n) is 2.73. The number of hydrogen-bond donors (Lipinski definition) is 2. The minimum atomic E-state index is 0.127. The normalized spacial score (nSPS) is 29.4. The van der Waals surface area contributed by atoms with Gasteiger partial charge in [0.25, 0.3) is 0 Å². The highest BCUT2D eigenvalue weighted by atomic mass is 16.5. The average Bonchev–Trinajstić information content (AvgIpc) is 2.90. The van der Waals surface area contributed by atoms with Crippen molar-refractivity contribution in [2.24, 2.45) is 0 Å². The Balaban J connectivity index is 1.63. The molecule has 0 aromatic rings. The number of carbonyl (C=O) groups excluding carboxylic acids is 1. The van der Waals surface area contributed by atoms with Gasteiger partial charge < -0.3 is 15.4 Å². The Hall–Kier alpha value is -0.650. The second-order valence-corrected chi connectivity index (χ2v) is 5.30. The van der Waals surface area contributed by atoms with Crippen molar-refractivity contribution in [2.75, 3.05) is 39.8 Å². The molecule has 18 heavy (non-hydrogen) atoms. The van der Waals surface area contributed by atoms with Crippen LogP contribution in [-0.4, -0.2) is 62.8 Å². The Morgan fingerprint density at radius 3 is 3.00 bits per heavy atom. The summed E-state index contributed by atoms with van der Waals surface area (Å²) in [5, 5.41) is 6.27. The maximum atomic E-state index is 11.8. The first-order valence-electron chi connectivity index (χ1n) is 7.06. The minimum absolute atomic E-state index is 0.127. The molecule has 0 aromatic heterocycles. The smallest absolute Gasteiger partial charge is 0.234 e. The van der Waals surface area contributed by atoms with Gasteiger partial charge in [0, 0.05) is 25.7 Å². The zero-order chi connectivity index (χ0) is 12.8. The van der Waals surface area contributed by atoms with Crippen LogP contribution in [0.4, 0.5) is 0 Å². The monoisotopic (exact) mass is 255 g/mol.